The van der Waals surface area contributed by atoms with Crippen LogP contribution in [0.2, 0.25) is 0 Å². The Kier molecular flexibility index (Phi) is 3.01. The van der Waals surface area contributed by atoms with E-state index in [9.17, 15) is 4.79 Å². The summed E-state index contributed by atoms with van der Waals surface area (Å²) in [6, 6.07) is 0. The predicted molar refractivity (Wildman–Crippen MR) is 43.0 cm³/mol. The Morgan fingerprint density at radius 2 is 2.67 bits per heavy atom. The van der Waals surface area contributed by atoms with Gasteiger partial charge in [0.15, 0.2) is 5.78 Å². The molecular formula is C5H8BrNOS. The van der Waals surface area contributed by atoms with Gasteiger partial charge in [-0.1, -0.05) is 15.9 Å². The first kappa shape index (κ1) is 7.57. The predicted octanol–water partition coefficient (Wildman–Crippen LogP) is 0.613. The molecule has 1 aliphatic rings. The van der Waals surface area contributed by atoms with Crippen LogP contribution in [0.1, 0.15) is 0 Å². The Morgan fingerprint density at radius 3 is 3.11 bits per heavy atom. The van der Waals surface area contributed by atoms with E-state index in [0.717, 1.165) is 12.3 Å². The highest BCUT2D eigenvalue weighted by Gasteiger charge is 2.20. The minimum atomic E-state index is 0.0596. The molecule has 0 aromatic carbocycles. The highest BCUT2D eigenvalue weighted by Crippen LogP contribution is 2.14. The molecular weight excluding hydrogens is 202 g/mol. The summed E-state index contributed by atoms with van der Waals surface area (Å²) in [4.78, 5) is 10.9. The second kappa shape index (κ2) is 3.58. The van der Waals surface area contributed by atoms with Gasteiger partial charge in [0.05, 0.1) is 5.33 Å². The third-order valence-corrected chi connectivity index (χ3v) is 2.90. The van der Waals surface area contributed by atoms with Gasteiger partial charge >= 0.3 is 0 Å². The normalized spacial score (nSPS) is 26.6. The Hall–Kier alpha value is 0.460. The van der Waals surface area contributed by atoms with E-state index in [4.69, 9.17) is 0 Å². The number of alkyl halides is 1. The van der Waals surface area contributed by atoms with Crippen molar-refractivity contribution in [3.05, 3.63) is 0 Å². The molecule has 52 valence electrons. The number of carbonyl (C=O) groups excluding carboxylic acids is 1. The van der Waals surface area contributed by atoms with Crippen LogP contribution in [-0.4, -0.2) is 28.8 Å². The van der Waals surface area contributed by atoms with Crippen LogP contribution in [0.3, 0.4) is 0 Å². The van der Waals surface area contributed by atoms with Gasteiger partial charge in [-0.3, -0.25) is 10.1 Å². The first-order valence-electron chi connectivity index (χ1n) is 2.78. The fraction of sp³-hybridized carbons (Fsp3) is 0.800. The number of halogens is 1. The molecule has 0 saturated carbocycles. The zero-order valence-electron chi connectivity index (χ0n) is 4.89. The molecule has 1 N–H and O–H groups in total. The van der Waals surface area contributed by atoms with Gasteiger partial charge in [0.1, 0.15) is 5.37 Å². The van der Waals surface area contributed by atoms with Gasteiger partial charge in [-0.15, -0.1) is 11.8 Å². The molecule has 1 heterocycles. The molecule has 1 atom stereocenters. The largest absolute Gasteiger partial charge is 0.298 e. The van der Waals surface area contributed by atoms with Crippen molar-refractivity contribution in [3.63, 3.8) is 0 Å². The number of carbonyl (C=O) groups is 1. The molecule has 9 heavy (non-hydrogen) atoms. The number of nitrogens with one attached hydrogen (secondary N) is 1. The van der Waals surface area contributed by atoms with Gasteiger partial charge in [-0.25, -0.2) is 0 Å². The van der Waals surface area contributed by atoms with Crippen LogP contribution in [-0.2, 0) is 4.79 Å². The van der Waals surface area contributed by atoms with Crippen molar-refractivity contribution in [2.75, 3.05) is 17.6 Å². The average Bonchev–Trinajstić information content (AvgIpc) is 2.37. The number of thioether (sulfide) groups is 1. The Labute approximate surface area is 66.9 Å². The SMILES string of the molecule is O=C(CBr)C1NCCS1. The fourth-order valence-corrected chi connectivity index (χ4v) is 2.22. The second-order valence-corrected chi connectivity index (χ2v) is 3.58. The van der Waals surface area contributed by atoms with Crippen molar-refractivity contribution in [2.45, 2.75) is 5.37 Å². The molecule has 1 fully saturated rings. The number of hydrogen-bond acceptors (Lipinski definition) is 3. The number of ketones is 1. The van der Waals surface area contributed by atoms with Gasteiger partial charge in [-0.05, 0) is 0 Å². The molecule has 1 saturated heterocycles. The van der Waals surface area contributed by atoms with Crippen molar-refractivity contribution in [1.29, 1.82) is 0 Å². The van der Waals surface area contributed by atoms with Crippen molar-refractivity contribution < 1.29 is 4.79 Å². The van der Waals surface area contributed by atoms with Gasteiger partial charge < -0.3 is 0 Å². The maximum absolute atomic E-state index is 10.9. The van der Waals surface area contributed by atoms with E-state index in [1.165, 1.54) is 0 Å². The summed E-state index contributed by atoms with van der Waals surface area (Å²) in [5.41, 5.74) is 0. The van der Waals surface area contributed by atoms with Crippen LogP contribution in [0.25, 0.3) is 0 Å². The lowest BCUT2D eigenvalue weighted by Crippen LogP contribution is -2.29. The lowest BCUT2D eigenvalue weighted by atomic mass is 10.4. The highest BCUT2D eigenvalue weighted by molar-refractivity contribution is 9.09. The minimum absolute atomic E-state index is 0.0596. The molecule has 0 aromatic heterocycles. The van der Waals surface area contributed by atoms with E-state index in [1.54, 1.807) is 11.8 Å². The van der Waals surface area contributed by atoms with E-state index in [2.05, 4.69) is 21.2 Å². The molecule has 0 aliphatic carbocycles. The summed E-state index contributed by atoms with van der Waals surface area (Å²) in [5.74, 6) is 1.31. The number of Topliss-reactive ketones (excluding diaryl/α,β-unsaturated/α-hetero) is 1. The summed E-state index contributed by atoms with van der Waals surface area (Å²) < 4.78 is 0. The van der Waals surface area contributed by atoms with Crippen LogP contribution in [0.4, 0.5) is 0 Å². The number of rotatable bonds is 2. The molecule has 4 heteroatoms. The van der Waals surface area contributed by atoms with E-state index < -0.39 is 0 Å². The lowest BCUT2D eigenvalue weighted by Gasteiger charge is -2.03. The molecule has 0 amide bonds. The Bertz CT molecular complexity index is 114. The van der Waals surface area contributed by atoms with Crippen molar-refractivity contribution >= 4 is 33.5 Å². The molecule has 2 nitrogen and oxygen atoms in total. The summed E-state index contributed by atoms with van der Waals surface area (Å²) in [6.45, 7) is 0.966. The van der Waals surface area contributed by atoms with E-state index in [1.807, 2.05) is 0 Å². The summed E-state index contributed by atoms with van der Waals surface area (Å²) in [5, 5.41) is 3.62. The third-order valence-electron chi connectivity index (χ3n) is 1.14. The van der Waals surface area contributed by atoms with Crippen molar-refractivity contribution in [2.24, 2.45) is 0 Å². The molecule has 0 bridgehead atoms. The molecule has 0 aromatic rings. The van der Waals surface area contributed by atoms with E-state index in [0.29, 0.717) is 5.33 Å². The molecule has 1 rings (SSSR count). The molecule has 1 unspecified atom stereocenters. The molecule has 0 radical (unpaired) electrons. The molecule has 1 aliphatic heterocycles. The van der Waals surface area contributed by atoms with Gasteiger partial charge in [0, 0.05) is 12.3 Å². The summed E-state index contributed by atoms with van der Waals surface area (Å²) >= 11 is 4.81. The van der Waals surface area contributed by atoms with Gasteiger partial charge in [-0.2, -0.15) is 0 Å². The lowest BCUT2D eigenvalue weighted by molar-refractivity contribution is -0.116. The molecule has 0 spiro atoms. The number of hydrogen-bond donors (Lipinski definition) is 1. The maximum Gasteiger partial charge on any atom is 0.170 e. The maximum atomic E-state index is 10.9. The topological polar surface area (TPSA) is 29.1 Å². The van der Waals surface area contributed by atoms with Crippen LogP contribution >= 0.6 is 27.7 Å². The smallest absolute Gasteiger partial charge is 0.170 e. The first-order valence-corrected chi connectivity index (χ1v) is 4.95. The summed E-state index contributed by atoms with van der Waals surface area (Å²) in [6.07, 6.45) is 0. The zero-order chi connectivity index (χ0) is 6.69. The fourth-order valence-electron chi connectivity index (χ4n) is 0.703. The van der Waals surface area contributed by atoms with Crippen LogP contribution in [0.15, 0.2) is 0 Å². The van der Waals surface area contributed by atoms with Crippen LogP contribution < -0.4 is 5.32 Å². The van der Waals surface area contributed by atoms with Crippen molar-refractivity contribution in [1.82, 2.24) is 5.32 Å². The van der Waals surface area contributed by atoms with Gasteiger partial charge in [0.25, 0.3) is 0 Å². The van der Waals surface area contributed by atoms with Crippen molar-refractivity contribution in [3.8, 4) is 0 Å². The van der Waals surface area contributed by atoms with Crippen LogP contribution in [0, 0.1) is 0 Å². The second-order valence-electron chi connectivity index (χ2n) is 1.80. The van der Waals surface area contributed by atoms with E-state index in [-0.39, 0.29) is 11.2 Å². The third kappa shape index (κ3) is 1.95. The van der Waals surface area contributed by atoms with Gasteiger partial charge in [0.2, 0.25) is 0 Å². The van der Waals surface area contributed by atoms with Crippen LogP contribution in [0.5, 0.6) is 0 Å². The Morgan fingerprint density at radius 1 is 1.89 bits per heavy atom. The average molecular weight is 210 g/mol. The first-order chi connectivity index (χ1) is 4.34. The summed E-state index contributed by atoms with van der Waals surface area (Å²) in [7, 11) is 0. The zero-order valence-corrected chi connectivity index (χ0v) is 7.30. The Balaban J connectivity index is 2.32. The highest BCUT2D eigenvalue weighted by atomic mass is 79.9. The quantitative estimate of drug-likeness (QED) is 0.677. The van der Waals surface area contributed by atoms with E-state index >= 15 is 0 Å². The minimum Gasteiger partial charge on any atom is -0.298 e. The monoisotopic (exact) mass is 209 g/mol. The standard InChI is InChI=1S/C5H8BrNOS/c6-3-4(8)5-7-1-2-9-5/h5,7H,1-3H2.